The summed E-state index contributed by atoms with van der Waals surface area (Å²) in [7, 11) is 1.91. The molecule has 0 aliphatic heterocycles. The second kappa shape index (κ2) is 9.82. The lowest BCUT2D eigenvalue weighted by molar-refractivity contribution is -0.654. The van der Waals surface area contributed by atoms with E-state index in [-0.39, 0.29) is 34.4 Å². The summed E-state index contributed by atoms with van der Waals surface area (Å²) in [5.41, 5.74) is 13.4. The summed E-state index contributed by atoms with van der Waals surface area (Å²) in [5.74, 6) is -0.194. The van der Waals surface area contributed by atoms with Crippen LogP contribution in [-0.2, 0) is 11.8 Å². The van der Waals surface area contributed by atoms with Gasteiger partial charge in [0.2, 0.25) is 0 Å². The van der Waals surface area contributed by atoms with E-state index in [1.165, 1.54) is 0 Å². The predicted molar refractivity (Wildman–Crippen MR) is 121 cm³/mol. The van der Waals surface area contributed by atoms with Crippen molar-refractivity contribution in [2.24, 2.45) is 7.05 Å². The number of amides is 1. The fourth-order valence-electron chi connectivity index (χ4n) is 3.29. The van der Waals surface area contributed by atoms with Gasteiger partial charge in [-0.1, -0.05) is 24.9 Å². The first-order chi connectivity index (χ1) is 15.2. The van der Waals surface area contributed by atoms with Crippen LogP contribution in [0.3, 0.4) is 0 Å². The van der Waals surface area contributed by atoms with Crippen molar-refractivity contribution in [1.82, 2.24) is 20.3 Å². The maximum absolute atomic E-state index is 12.5. The van der Waals surface area contributed by atoms with Crippen LogP contribution >= 0.6 is 11.6 Å². The zero-order valence-electron chi connectivity index (χ0n) is 18.2. The minimum atomic E-state index is -0.500. The molecule has 1 atom stereocenters. The molecule has 0 radical (unpaired) electrons. The highest BCUT2D eigenvalue weighted by Crippen LogP contribution is 2.19. The minimum absolute atomic E-state index is 0.0344. The number of nitrogens with one attached hydrogen (secondary N) is 2. The summed E-state index contributed by atoms with van der Waals surface area (Å²) < 4.78 is 7.27. The van der Waals surface area contributed by atoms with Crippen LogP contribution in [-0.4, -0.2) is 40.0 Å². The summed E-state index contributed by atoms with van der Waals surface area (Å²) in [6.45, 7) is 4.70. The minimum Gasteiger partial charge on any atom is -0.462 e. The van der Waals surface area contributed by atoms with Crippen molar-refractivity contribution in [3.63, 3.8) is 0 Å². The zero-order chi connectivity index (χ0) is 23.4. The van der Waals surface area contributed by atoms with E-state index in [2.05, 4.69) is 20.3 Å². The number of ether oxygens (including phenoxy) is 1. The largest absolute Gasteiger partial charge is 0.462 e. The van der Waals surface area contributed by atoms with Crippen LogP contribution in [0.4, 0.5) is 11.6 Å². The van der Waals surface area contributed by atoms with Crippen LogP contribution in [0, 0.1) is 0 Å². The monoisotopic (exact) mass is 460 g/mol. The molecule has 1 unspecified atom stereocenters. The lowest BCUT2D eigenvalue weighted by atomic mass is 10.1. The molecule has 0 aliphatic carbocycles. The van der Waals surface area contributed by atoms with E-state index in [0.717, 1.165) is 29.7 Å². The van der Waals surface area contributed by atoms with E-state index < -0.39 is 5.91 Å². The number of fused-ring (bicyclic) bond motifs is 1. The molecule has 0 aliphatic rings. The summed E-state index contributed by atoms with van der Waals surface area (Å²) >= 11 is 5.85. The number of anilines is 2. The lowest BCUT2D eigenvalue weighted by Crippen LogP contribution is -2.37. The van der Waals surface area contributed by atoms with Crippen LogP contribution in [0.25, 0.3) is 11.0 Å². The number of rotatable bonds is 8. The number of esters is 1. The van der Waals surface area contributed by atoms with Gasteiger partial charge < -0.3 is 21.5 Å². The molecule has 2 heterocycles. The van der Waals surface area contributed by atoms with Crippen LogP contribution < -0.4 is 21.4 Å². The summed E-state index contributed by atoms with van der Waals surface area (Å²) in [5, 5.41) is 2.71. The van der Waals surface area contributed by atoms with Crippen LogP contribution in [0.15, 0.2) is 18.2 Å². The molecule has 0 saturated carbocycles. The summed E-state index contributed by atoms with van der Waals surface area (Å²) in [4.78, 5) is 35.8. The van der Waals surface area contributed by atoms with Gasteiger partial charge in [0.05, 0.1) is 25.1 Å². The highest BCUT2D eigenvalue weighted by molar-refractivity contribution is 6.31. The van der Waals surface area contributed by atoms with Gasteiger partial charge in [0.15, 0.2) is 33.5 Å². The number of carbonyl (C=O) groups is 2. The topological polar surface area (TPSA) is 153 Å². The number of nitrogens with two attached hydrogens (primary N) is 2. The molecule has 1 aromatic carbocycles. The molecule has 32 heavy (non-hydrogen) atoms. The van der Waals surface area contributed by atoms with Crippen molar-refractivity contribution >= 4 is 46.1 Å². The van der Waals surface area contributed by atoms with Gasteiger partial charge in [0.25, 0.3) is 11.7 Å². The smallest absolute Gasteiger partial charge is 0.338 e. The number of aromatic nitrogens is 4. The van der Waals surface area contributed by atoms with Crippen molar-refractivity contribution in [2.45, 2.75) is 32.6 Å². The number of H-pyrrole nitrogens is 1. The predicted octanol–water partition coefficient (Wildman–Crippen LogP) is 2.09. The first-order valence-corrected chi connectivity index (χ1v) is 10.7. The number of halogens is 1. The summed E-state index contributed by atoms with van der Waals surface area (Å²) in [6, 6.07) is 5.38. The van der Waals surface area contributed by atoms with Gasteiger partial charge in [0, 0.05) is 12.6 Å². The highest BCUT2D eigenvalue weighted by Gasteiger charge is 2.24. The third kappa shape index (κ3) is 4.91. The molecule has 11 heteroatoms. The fraction of sp³-hybridized carbons (Fsp3) is 0.381. The van der Waals surface area contributed by atoms with Gasteiger partial charge in [-0.2, -0.15) is 0 Å². The van der Waals surface area contributed by atoms with E-state index in [9.17, 15) is 9.59 Å². The standard InChI is InChI=1S/C21H26ClN7O3/c1-4-5-8-32-21(31)12-6-7-14-13(9-12)26-19(29(14)3)11(2)10-25-20(30)15-17(23)28-18(24)16(22)27-15/h6-7,9,11H,4-5,8,10H2,1-3H3,(H5,23,24,25,28,30)/p+1. The van der Waals surface area contributed by atoms with E-state index in [0.29, 0.717) is 18.7 Å². The van der Waals surface area contributed by atoms with E-state index in [1.807, 2.05) is 31.5 Å². The molecule has 6 N–H and O–H groups in total. The molecule has 0 bridgehead atoms. The Labute approximate surface area is 190 Å². The van der Waals surface area contributed by atoms with Crippen LogP contribution in [0.5, 0.6) is 0 Å². The number of unbranched alkanes of at least 4 members (excludes halogenated alkanes) is 1. The molecule has 10 nitrogen and oxygen atoms in total. The number of aryl methyl sites for hydroxylation is 1. The normalized spacial score (nSPS) is 12.0. The third-order valence-corrected chi connectivity index (χ3v) is 5.38. The molecular weight excluding hydrogens is 434 g/mol. The highest BCUT2D eigenvalue weighted by atomic mass is 35.5. The van der Waals surface area contributed by atoms with Gasteiger partial charge in [0.1, 0.15) is 0 Å². The molecule has 3 aromatic rings. The quantitative estimate of drug-likeness (QED) is 0.228. The van der Waals surface area contributed by atoms with Gasteiger partial charge in [-0.25, -0.2) is 24.3 Å². The number of hydrogen-bond acceptors (Lipinski definition) is 7. The summed E-state index contributed by atoms with van der Waals surface area (Å²) in [6.07, 6.45) is 1.79. The van der Waals surface area contributed by atoms with Crippen molar-refractivity contribution in [3.8, 4) is 0 Å². The number of hydrogen-bond donors (Lipinski definition) is 4. The van der Waals surface area contributed by atoms with E-state index in [4.69, 9.17) is 27.8 Å². The molecule has 0 fully saturated rings. The Morgan fingerprint density at radius 1 is 1.28 bits per heavy atom. The molecule has 170 valence electrons. The lowest BCUT2D eigenvalue weighted by Gasteiger charge is -2.10. The first kappa shape index (κ1) is 23.3. The number of nitrogens with zero attached hydrogens (tertiary/aromatic N) is 3. The SMILES string of the molecule is CCCCOC(=O)c1ccc2c(c1)[nH]c(C(C)CNC(=O)c1nc(Cl)c(N)nc1N)[n+]2C. The van der Waals surface area contributed by atoms with Crippen molar-refractivity contribution in [3.05, 3.63) is 40.4 Å². The second-order valence-electron chi connectivity index (χ2n) is 7.54. The molecule has 0 saturated heterocycles. The number of nitrogen functional groups attached to an aromatic ring is 2. The van der Waals surface area contributed by atoms with Gasteiger partial charge in [-0.3, -0.25) is 4.79 Å². The van der Waals surface area contributed by atoms with Crippen LogP contribution in [0.1, 0.15) is 59.3 Å². The number of carbonyl (C=O) groups excluding carboxylic acids is 2. The van der Waals surface area contributed by atoms with Crippen molar-refractivity contribution in [1.29, 1.82) is 0 Å². The fourth-order valence-corrected chi connectivity index (χ4v) is 3.42. The Bertz CT molecular complexity index is 1160. The molecule has 1 amide bonds. The average molecular weight is 461 g/mol. The molecule has 0 spiro atoms. The van der Waals surface area contributed by atoms with E-state index in [1.54, 1.807) is 12.1 Å². The van der Waals surface area contributed by atoms with Gasteiger partial charge >= 0.3 is 5.97 Å². The van der Waals surface area contributed by atoms with Crippen LogP contribution in [0.2, 0.25) is 5.15 Å². The Morgan fingerprint density at radius 2 is 2.03 bits per heavy atom. The number of imidazole rings is 1. The number of benzene rings is 1. The van der Waals surface area contributed by atoms with Crippen molar-refractivity contribution < 1.29 is 18.9 Å². The first-order valence-electron chi connectivity index (χ1n) is 10.3. The number of aromatic amines is 1. The van der Waals surface area contributed by atoms with Gasteiger partial charge in [-0.05, 0) is 25.5 Å². The van der Waals surface area contributed by atoms with E-state index >= 15 is 0 Å². The Kier molecular flexibility index (Phi) is 7.14. The third-order valence-electron chi connectivity index (χ3n) is 5.10. The Balaban J connectivity index is 1.73. The average Bonchev–Trinajstić information content (AvgIpc) is 3.10. The van der Waals surface area contributed by atoms with Gasteiger partial charge in [-0.15, -0.1) is 0 Å². The molecule has 2 aromatic heterocycles. The second-order valence-corrected chi connectivity index (χ2v) is 7.89. The van der Waals surface area contributed by atoms with Crippen molar-refractivity contribution in [2.75, 3.05) is 24.6 Å². The zero-order valence-corrected chi connectivity index (χ0v) is 19.0. The maximum Gasteiger partial charge on any atom is 0.338 e. The molecular formula is C21H27ClN7O3+. The maximum atomic E-state index is 12.5. The Hall–Kier alpha value is -3.40. The molecule has 3 rings (SSSR count). The Morgan fingerprint density at radius 3 is 2.75 bits per heavy atom.